The van der Waals surface area contributed by atoms with Gasteiger partial charge < -0.3 is 0 Å². The Hall–Kier alpha value is -2.66. The zero-order valence-electron chi connectivity index (χ0n) is 15.5. The molecular weight excluding hydrogens is 374 g/mol. The Morgan fingerprint density at radius 2 is 1.71 bits per heavy atom. The van der Waals surface area contributed by atoms with Crippen molar-refractivity contribution in [3.63, 3.8) is 0 Å². The molecule has 2 aromatic carbocycles. The van der Waals surface area contributed by atoms with Gasteiger partial charge in [-0.2, -0.15) is 5.10 Å². The number of carbonyl (C=O) groups is 1. The van der Waals surface area contributed by atoms with Crippen molar-refractivity contribution in [2.45, 2.75) is 44.4 Å². The van der Waals surface area contributed by atoms with Crippen LogP contribution in [0.3, 0.4) is 0 Å². The Morgan fingerprint density at radius 3 is 2.43 bits per heavy atom. The van der Waals surface area contributed by atoms with Gasteiger partial charge in [-0.3, -0.25) is 9.59 Å². The lowest BCUT2D eigenvalue weighted by Gasteiger charge is -2.23. The molecule has 1 aliphatic rings. The minimum Gasteiger partial charge on any atom is -0.273 e. The minimum absolute atomic E-state index is 0.150. The molecule has 0 spiro atoms. The summed E-state index contributed by atoms with van der Waals surface area (Å²) in [5.41, 5.74) is 4.09. The topological polar surface area (TPSA) is 64.0 Å². The van der Waals surface area contributed by atoms with E-state index in [1.165, 1.54) is 19.3 Å². The second-order valence-corrected chi connectivity index (χ2v) is 7.76. The summed E-state index contributed by atoms with van der Waals surface area (Å²) in [5, 5.41) is 6.67. The molecule has 0 aliphatic heterocycles. The van der Waals surface area contributed by atoms with Crippen LogP contribution in [0, 0.1) is 0 Å². The fraction of sp³-hybridized carbons (Fsp3) is 0.318. The zero-order chi connectivity index (χ0) is 19.5. The molecule has 0 unspecified atom stereocenters. The number of carbonyl (C=O) groups excluding carboxylic acids is 1. The molecule has 3 aromatic rings. The second-order valence-electron chi connectivity index (χ2n) is 7.32. The Balaban J connectivity index is 1.66. The molecule has 0 atom stereocenters. The van der Waals surface area contributed by atoms with Crippen molar-refractivity contribution in [1.29, 1.82) is 0 Å². The van der Waals surface area contributed by atoms with Crippen molar-refractivity contribution in [1.82, 2.24) is 9.89 Å². The maximum atomic E-state index is 12.9. The van der Waals surface area contributed by atoms with Crippen LogP contribution in [0.4, 0.5) is 0 Å². The molecule has 1 N–H and O–H groups in total. The predicted molar refractivity (Wildman–Crippen MR) is 111 cm³/mol. The number of nitrogens with one attached hydrogen (secondary N) is 1. The molecule has 4 rings (SSSR count). The molecule has 0 bridgehead atoms. The van der Waals surface area contributed by atoms with E-state index in [9.17, 15) is 9.59 Å². The highest BCUT2D eigenvalue weighted by Gasteiger charge is 2.22. The second kappa shape index (κ2) is 8.15. The summed E-state index contributed by atoms with van der Waals surface area (Å²) >= 11 is 5.89. The van der Waals surface area contributed by atoms with Crippen LogP contribution in [0.1, 0.15) is 49.3 Å². The number of halogens is 1. The molecule has 0 saturated heterocycles. The van der Waals surface area contributed by atoms with E-state index in [4.69, 9.17) is 11.6 Å². The number of aromatic nitrogens is 2. The van der Waals surface area contributed by atoms with Gasteiger partial charge in [-0.1, -0.05) is 61.2 Å². The lowest BCUT2D eigenvalue weighted by atomic mass is 9.85. The van der Waals surface area contributed by atoms with E-state index in [1.54, 1.807) is 30.3 Å². The van der Waals surface area contributed by atoms with Crippen molar-refractivity contribution in [3.8, 4) is 0 Å². The molecule has 0 radical (unpaired) electrons. The van der Waals surface area contributed by atoms with E-state index >= 15 is 0 Å². The summed E-state index contributed by atoms with van der Waals surface area (Å²) in [5.74, 6) is 0.0282. The molecule has 1 amide bonds. The monoisotopic (exact) mass is 395 g/mol. The van der Waals surface area contributed by atoms with E-state index in [0.717, 1.165) is 34.3 Å². The van der Waals surface area contributed by atoms with Crippen LogP contribution in [0.25, 0.3) is 10.8 Å². The summed E-state index contributed by atoms with van der Waals surface area (Å²) in [4.78, 5) is 26.5. The minimum atomic E-state index is -0.306. The van der Waals surface area contributed by atoms with Crippen LogP contribution in [0.15, 0.2) is 53.3 Å². The van der Waals surface area contributed by atoms with Gasteiger partial charge >= 0.3 is 0 Å². The van der Waals surface area contributed by atoms with Gasteiger partial charge in [-0.05, 0) is 36.6 Å². The van der Waals surface area contributed by atoms with Crippen LogP contribution in [-0.4, -0.2) is 15.8 Å². The van der Waals surface area contributed by atoms with Gasteiger partial charge in [-0.25, -0.2) is 5.43 Å². The Kier molecular flexibility index (Phi) is 5.44. The first-order chi connectivity index (χ1) is 13.6. The third-order valence-corrected chi connectivity index (χ3v) is 5.59. The molecule has 5 nitrogen and oxygen atoms in total. The van der Waals surface area contributed by atoms with E-state index in [1.807, 2.05) is 18.2 Å². The fourth-order valence-electron chi connectivity index (χ4n) is 3.91. The Labute approximate surface area is 168 Å². The van der Waals surface area contributed by atoms with Crippen molar-refractivity contribution in [3.05, 3.63) is 75.2 Å². The maximum absolute atomic E-state index is 12.9. The lowest BCUT2D eigenvalue weighted by molar-refractivity contribution is -0.116. The first-order valence-electron chi connectivity index (χ1n) is 9.68. The van der Waals surface area contributed by atoms with Gasteiger partial charge in [0.15, 0.2) is 0 Å². The Morgan fingerprint density at radius 1 is 1.04 bits per heavy atom. The molecule has 1 saturated carbocycles. The van der Waals surface area contributed by atoms with Gasteiger partial charge in [0.25, 0.3) is 5.56 Å². The Bertz CT molecular complexity index is 1050. The SMILES string of the molecule is O=C(Cc1ccc(Cl)cc1)Nn1nc(C2CCCCC2)c2ccccc2c1=O. The average Bonchev–Trinajstić information content (AvgIpc) is 2.72. The van der Waals surface area contributed by atoms with Gasteiger partial charge in [0.1, 0.15) is 0 Å². The smallest absolute Gasteiger partial charge is 0.273 e. The molecule has 1 aromatic heterocycles. The molecule has 6 heteroatoms. The summed E-state index contributed by atoms with van der Waals surface area (Å²) in [7, 11) is 0. The largest absolute Gasteiger partial charge is 0.294 e. The van der Waals surface area contributed by atoms with Crippen molar-refractivity contribution >= 4 is 28.3 Å². The lowest BCUT2D eigenvalue weighted by Crippen LogP contribution is -2.37. The third-order valence-electron chi connectivity index (χ3n) is 5.33. The van der Waals surface area contributed by atoms with Gasteiger partial charge in [-0.15, -0.1) is 4.79 Å². The van der Waals surface area contributed by atoms with E-state index in [2.05, 4.69) is 10.5 Å². The summed E-state index contributed by atoms with van der Waals surface area (Å²) in [6.07, 6.45) is 5.86. The number of fused-ring (bicyclic) bond motifs is 1. The maximum Gasteiger partial charge on any atom is 0.294 e. The van der Waals surface area contributed by atoms with Crippen molar-refractivity contribution in [2.24, 2.45) is 0 Å². The van der Waals surface area contributed by atoms with E-state index in [-0.39, 0.29) is 17.9 Å². The first-order valence-corrected chi connectivity index (χ1v) is 10.1. The molecular formula is C22H22ClN3O2. The van der Waals surface area contributed by atoms with Crippen molar-refractivity contribution < 1.29 is 4.79 Å². The standard InChI is InChI=1S/C22H22ClN3O2/c23-17-12-10-15(11-13-17)14-20(27)24-26-22(28)19-9-5-4-8-18(19)21(25-26)16-6-2-1-3-7-16/h4-5,8-13,16H,1-3,6-7,14H2,(H,24,27). The predicted octanol–water partition coefficient (Wildman–Crippen LogP) is 4.41. The van der Waals surface area contributed by atoms with Crippen LogP contribution in [0.5, 0.6) is 0 Å². The quantitative estimate of drug-likeness (QED) is 0.711. The molecule has 28 heavy (non-hydrogen) atoms. The summed E-state index contributed by atoms with van der Waals surface area (Å²) in [6.45, 7) is 0. The average molecular weight is 396 g/mol. The number of amides is 1. The van der Waals surface area contributed by atoms with Crippen LogP contribution >= 0.6 is 11.6 Å². The highest BCUT2D eigenvalue weighted by Crippen LogP contribution is 2.34. The normalized spacial score (nSPS) is 14.9. The van der Waals surface area contributed by atoms with Crippen molar-refractivity contribution in [2.75, 3.05) is 5.43 Å². The number of hydrogen-bond donors (Lipinski definition) is 1. The third kappa shape index (κ3) is 3.94. The highest BCUT2D eigenvalue weighted by molar-refractivity contribution is 6.30. The number of benzene rings is 2. The molecule has 1 fully saturated rings. The summed E-state index contributed by atoms with van der Waals surface area (Å²) < 4.78 is 0. The highest BCUT2D eigenvalue weighted by atomic mass is 35.5. The van der Waals surface area contributed by atoms with Gasteiger partial charge in [0.05, 0.1) is 17.5 Å². The number of rotatable bonds is 4. The number of hydrogen-bond acceptors (Lipinski definition) is 3. The fourth-order valence-corrected chi connectivity index (χ4v) is 4.04. The number of nitrogens with zero attached hydrogens (tertiary/aromatic N) is 2. The first kappa shape index (κ1) is 18.7. The van der Waals surface area contributed by atoms with Crippen LogP contribution in [0.2, 0.25) is 5.02 Å². The van der Waals surface area contributed by atoms with Gasteiger partial charge in [0.2, 0.25) is 5.91 Å². The van der Waals surface area contributed by atoms with E-state index in [0.29, 0.717) is 16.3 Å². The zero-order valence-corrected chi connectivity index (χ0v) is 16.3. The molecule has 144 valence electrons. The summed E-state index contributed by atoms with van der Waals surface area (Å²) in [6, 6.07) is 14.6. The van der Waals surface area contributed by atoms with Crippen LogP contribution in [-0.2, 0) is 11.2 Å². The van der Waals surface area contributed by atoms with Gasteiger partial charge in [0, 0.05) is 16.3 Å². The molecule has 1 heterocycles. The molecule has 1 aliphatic carbocycles. The van der Waals surface area contributed by atoms with E-state index < -0.39 is 0 Å². The van der Waals surface area contributed by atoms with Crippen LogP contribution < -0.4 is 11.0 Å².